The number of carbonyl (C=O) groups excluding carboxylic acids is 1. The van der Waals surface area contributed by atoms with Crippen molar-refractivity contribution >= 4 is 11.8 Å². The summed E-state index contributed by atoms with van der Waals surface area (Å²) >= 11 is 0. The molecule has 0 saturated carbocycles. The molecule has 1 aromatic carbocycles. The van der Waals surface area contributed by atoms with E-state index in [9.17, 15) is 18.0 Å². The Morgan fingerprint density at radius 2 is 2.04 bits per heavy atom. The predicted octanol–water partition coefficient (Wildman–Crippen LogP) is 2.74. The second-order valence-corrected chi connectivity index (χ2v) is 5.46. The quantitative estimate of drug-likeness (QED) is 0.769. The van der Waals surface area contributed by atoms with Crippen LogP contribution in [0.3, 0.4) is 0 Å². The van der Waals surface area contributed by atoms with E-state index < -0.39 is 24.8 Å². The fraction of sp³-hybridized carbons (Fsp3) is 0.562. The molecule has 0 bridgehead atoms. The first-order chi connectivity index (χ1) is 11.8. The van der Waals surface area contributed by atoms with Gasteiger partial charge in [-0.05, 0) is 31.2 Å². The van der Waals surface area contributed by atoms with E-state index in [1.807, 2.05) is 6.92 Å². The van der Waals surface area contributed by atoms with Crippen LogP contribution in [0.1, 0.15) is 13.3 Å². The van der Waals surface area contributed by atoms with Gasteiger partial charge in [-0.1, -0.05) is 0 Å². The maximum Gasteiger partial charge on any atom is 0.414 e. The van der Waals surface area contributed by atoms with Crippen LogP contribution in [0.4, 0.5) is 23.7 Å². The summed E-state index contributed by atoms with van der Waals surface area (Å²) in [5.74, 6) is 0.344. The molecule has 0 aromatic heterocycles. The molecule has 0 radical (unpaired) electrons. The van der Waals surface area contributed by atoms with Crippen LogP contribution in [0.5, 0.6) is 5.75 Å². The van der Waals surface area contributed by atoms with Crippen molar-refractivity contribution < 1.29 is 37.3 Å². The van der Waals surface area contributed by atoms with Gasteiger partial charge in [-0.25, -0.2) is 4.79 Å². The minimum atomic E-state index is -4.65. The fourth-order valence-electron chi connectivity index (χ4n) is 2.24. The van der Waals surface area contributed by atoms with Gasteiger partial charge in [-0.2, -0.15) is 13.2 Å². The lowest BCUT2D eigenvalue weighted by Crippen LogP contribution is -2.30. The lowest BCUT2D eigenvalue weighted by Gasteiger charge is -2.16. The van der Waals surface area contributed by atoms with Gasteiger partial charge in [0.05, 0.1) is 19.8 Å². The number of hydrogen-bond acceptors (Lipinski definition) is 5. The van der Waals surface area contributed by atoms with Gasteiger partial charge in [0.1, 0.15) is 11.9 Å². The SMILES string of the molecule is CCOC[C@@H]1CN(c2ccc(OCC[C@@H](O)C(F)(F)F)cc2)C(=O)O1. The van der Waals surface area contributed by atoms with Crippen LogP contribution in [-0.4, -0.2) is 55.9 Å². The highest BCUT2D eigenvalue weighted by atomic mass is 19.4. The first kappa shape index (κ1) is 19.3. The number of alkyl halides is 3. The van der Waals surface area contributed by atoms with Gasteiger partial charge in [-0.15, -0.1) is 0 Å². The number of anilines is 1. The lowest BCUT2D eigenvalue weighted by atomic mass is 10.2. The van der Waals surface area contributed by atoms with E-state index in [1.54, 1.807) is 24.3 Å². The molecule has 140 valence electrons. The first-order valence-electron chi connectivity index (χ1n) is 7.84. The average Bonchev–Trinajstić information content (AvgIpc) is 2.93. The van der Waals surface area contributed by atoms with Crippen molar-refractivity contribution in [3.8, 4) is 5.75 Å². The highest BCUT2D eigenvalue weighted by molar-refractivity contribution is 5.89. The highest BCUT2D eigenvalue weighted by Gasteiger charge is 2.37. The second kappa shape index (κ2) is 8.39. The molecule has 1 aromatic rings. The van der Waals surface area contributed by atoms with E-state index in [4.69, 9.17) is 19.3 Å². The average molecular weight is 363 g/mol. The summed E-state index contributed by atoms with van der Waals surface area (Å²) in [6.45, 7) is 2.78. The van der Waals surface area contributed by atoms with Gasteiger partial charge in [0, 0.05) is 18.7 Å². The minimum absolute atomic E-state index is 0.276. The summed E-state index contributed by atoms with van der Waals surface area (Å²) in [5, 5.41) is 8.89. The fourth-order valence-corrected chi connectivity index (χ4v) is 2.24. The number of nitrogens with zero attached hydrogens (tertiary/aromatic N) is 1. The summed E-state index contributed by atoms with van der Waals surface area (Å²) in [5.41, 5.74) is 0.590. The van der Waals surface area contributed by atoms with Crippen molar-refractivity contribution in [2.24, 2.45) is 0 Å². The third kappa shape index (κ3) is 5.50. The molecule has 1 aliphatic rings. The van der Waals surface area contributed by atoms with Crippen LogP contribution in [0, 0.1) is 0 Å². The van der Waals surface area contributed by atoms with Gasteiger partial charge < -0.3 is 19.3 Å². The zero-order valence-electron chi connectivity index (χ0n) is 13.7. The van der Waals surface area contributed by atoms with E-state index in [0.717, 1.165) is 0 Å². The maximum atomic E-state index is 12.2. The number of benzene rings is 1. The predicted molar refractivity (Wildman–Crippen MR) is 82.7 cm³/mol. The Labute approximate surface area is 143 Å². The smallest absolute Gasteiger partial charge is 0.414 e. The Morgan fingerprint density at radius 3 is 2.64 bits per heavy atom. The highest BCUT2D eigenvalue weighted by Crippen LogP contribution is 2.25. The molecule has 0 unspecified atom stereocenters. The molecule has 0 aliphatic carbocycles. The zero-order chi connectivity index (χ0) is 18.4. The van der Waals surface area contributed by atoms with Gasteiger partial charge >= 0.3 is 12.3 Å². The molecule has 25 heavy (non-hydrogen) atoms. The Kier molecular flexibility index (Phi) is 6.49. The molecule has 6 nitrogen and oxygen atoms in total. The van der Waals surface area contributed by atoms with E-state index in [2.05, 4.69) is 0 Å². The minimum Gasteiger partial charge on any atom is -0.493 e. The van der Waals surface area contributed by atoms with Crippen molar-refractivity contribution in [1.29, 1.82) is 0 Å². The van der Waals surface area contributed by atoms with E-state index >= 15 is 0 Å². The van der Waals surface area contributed by atoms with E-state index in [0.29, 0.717) is 31.2 Å². The Balaban J connectivity index is 1.84. The van der Waals surface area contributed by atoms with Crippen LogP contribution in [-0.2, 0) is 9.47 Å². The van der Waals surface area contributed by atoms with Crippen LogP contribution in [0.2, 0.25) is 0 Å². The zero-order valence-corrected chi connectivity index (χ0v) is 13.7. The largest absolute Gasteiger partial charge is 0.493 e. The Bertz CT molecular complexity index is 564. The number of aliphatic hydroxyl groups is 1. The van der Waals surface area contributed by atoms with E-state index in [1.165, 1.54) is 4.90 Å². The first-order valence-corrected chi connectivity index (χ1v) is 7.84. The molecule has 9 heteroatoms. The number of hydrogen-bond donors (Lipinski definition) is 1. The third-order valence-electron chi connectivity index (χ3n) is 3.57. The number of carbonyl (C=O) groups is 1. The van der Waals surface area contributed by atoms with Crippen molar-refractivity contribution in [2.75, 3.05) is 31.3 Å². The van der Waals surface area contributed by atoms with Gasteiger partial charge in [0.15, 0.2) is 6.10 Å². The summed E-state index contributed by atoms with van der Waals surface area (Å²) in [7, 11) is 0. The molecule has 2 atom stereocenters. The third-order valence-corrected chi connectivity index (χ3v) is 3.57. The topological polar surface area (TPSA) is 68.2 Å². The second-order valence-electron chi connectivity index (χ2n) is 5.46. The van der Waals surface area contributed by atoms with Crippen LogP contribution in [0.25, 0.3) is 0 Å². The summed E-state index contributed by atoms with van der Waals surface area (Å²) in [4.78, 5) is 13.3. The maximum absolute atomic E-state index is 12.2. The van der Waals surface area contributed by atoms with Crippen molar-refractivity contribution in [3.63, 3.8) is 0 Å². The van der Waals surface area contributed by atoms with Crippen molar-refractivity contribution in [2.45, 2.75) is 31.7 Å². The molecule has 1 fully saturated rings. The molecular formula is C16H20F3NO5. The molecule has 1 saturated heterocycles. The number of ether oxygens (including phenoxy) is 3. The molecular weight excluding hydrogens is 343 g/mol. The molecule has 1 aliphatic heterocycles. The van der Waals surface area contributed by atoms with Gasteiger partial charge in [0.2, 0.25) is 0 Å². The number of halogens is 3. The van der Waals surface area contributed by atoms with E-state index in [-0.39, 0.29) is 12.7 Å². The van der Waals surface area contributed by atoms with Crippen molar-refractivity contribution in [1.82, 2.24) is 0 Å². The summed E-state index contributed by atoms with van der Waals surface area (Å²) in [6, 6.07) is 6.30. The van der Waals surface area contributed by atoms with Crippen molar-refractivity contribution in [3.05, 3.63) is 24.3 Å². The summed E-state index contributed by atoms with van der Waals surface area (Å²) < 4.78 is 52.1. The Morgan fingerprint density at radius 1 is 1.36 bits per heavy atom. The molecule has 1 amide bonds. The number of rotatable bonds is 8. The van der Waals surface area contributed by atoms with Crippen LogP contribution in [0.15, 0.2) is 24.3 Å². The normalized spacial score (nSPS) is 19.0. The number of aliphatic hydroxyl groups excluding tert-OH is 1. The lowest BCUT2D eigenvalue weighted by molar-refractivity contribution is -0.206. The standard InChI is InChI=1S/C16H20F3NO5/c1-2-23-10-13-9-20(15(22)25-13)11-3-5-12(6-4-11)24-8-7-14(21)16(17,18)19/h3-6,13-14,21H,2,7-10H2,1H3/t13-,14+/m0/s1. The number of cyclic esters (lactones) is 1. The monoisotopic (exact) mass is 363 g/mol. The number of amides is 1. The van der Waals surface area contributed by atoms with Crippen LogP contribution < -0.4 is 9.64 Å². The van der Waals surface area contributed by atoms with Crippen LogP contribution >= 0.6 is 0 Å². The molecule has 1 heterocycles. The van der Waals surface area contributed by atoms with Gasteiger partial charge in [0.25, 0.3) is 0 Å². The van der Waals surface area contributed by atoms with Gasteiger partial charge in [-0.3, -0.25) is 4.90 Å². The molecule has 1 N–H and O–H groups in total. The molecule has 0 spiro atoms. The molecule has 2 rings (SSSR count). The Hall–Kier alpha value is -2.00. The summed E-state index contributed by atoms with van der Waals surface area (Å²) in [6.07, 6.45) is -8.43.